The Balaban J connectivity index is 1.69. The summed E-state index contributed by atoms with van der Waals surface area (Å²) in [6.45, 7) is 7.98. The van der Waals surface area contributed by atoms with Crippen LogP contribution >= 0.6 is 15.9 Å². The van der Waals surface area contributed by atoms with E-state index in [0.717, 1.165) is 28.2 Å². The van der Waals surface area contributed by atoms with Crippen molar-refractivity contribution in [3.8, 4) is 22.8 Å². The minimum absolute atomic E-state index is 0.162. The molecule has 34 heavy (non-hydrogen) atoms. The van der Waals surface area contributed by atoms with Crippen LogP contribution in [0.5, 0.6) is 5.88 Å². The van der Waals surface area contributed by atoms with E-state index < -0.39 is 0 Å². The summed E-state index contributed by atoms with van der Waals surface area (Å²) in [4.78, 5) is 26.9. The van der Waals surface area contributed by atoms with Crippen LogP contribution in [0.1, 0.15) is 42.5 Å². The maximum absolute atomic E-state index is 13.2. The first-order valence-electron chi connectivity index (χ1n) is 10.9. The molecule has 174 valence electrons. The van der Waals surface area contributed by atoms with Crippen LogP contribution < -0.4 is 10.3 Å². The van der Waals surface area contributed by atoms with Gasteiger partial charge in [-0.05, 0) is 65.2 Å². The van der Waals surface area contributed by atoms with E-state index in [1.165, 1.54) is 16.7 Å². The molecule has 2 aromatic carbocycles. The third kappa shape index (κ3) is 4.92. The van der Waals surface area contributed by atoms with E-state index in [-0.39, 0.29) is 34.3 Å². The second kappa shape index (κ2) is 9.85. The predicted molar refractivity (Wildman–Crippen MR) is 133 cm³/mol. The van der Waals surface area contributed by atoms with Crippen molar-refractivity contribution in [3.05, 3.63) is 98.1 Å². The van der Waals surface area contributed by atoms with E-state index >= 15 is 0 Å². The molecule has 0 atom stereocenters. The topological polar surface area (TPSA) is 69.9 Å². The summed E-state index contributed by atoms with van der Waals surface area (Å²) in [5.74, 6) is 1.32. The summed E-state index contributed by atoms with van der Waals surface area (Å²) in [7, 11) is 0. The van der Waals surface area contributed by atoms with E-state index in [4.69, 9.17) is 9.72 Å². The molecule has 4 aromatic rings. The summed E-state index contributed by atoms with van der Waals surface area (Å²) < 4.78 is 20.6. The summed E-state index contributed by atoms with van der Waals surface area (Å²) >= 11 is 3.35. The predicted octanol–water partition coefficient (Wildman–Crippen LogP) is 5.91. The van der Waals surface area contributed by atoms with Crippen LogP contribution in [-0.2, 0) is 6.61 Å². The lowest BCUT2D eigenvalue weighted by molar-refractivity contribution is 0.289. The lowest BCUT2D eigenvalue weighted by atomic mass is 10.1. The van der Waals surface area contributed by atoms with Gasteiger partial charge in [0, 0.05) is 17.7 Å². The Morgan fingerprint density at radius 3 is 2.53 bits per heavy atom. The number of aromatic nitrogens is 4. The van der Waals surface area contributed by atoms with Crippen molar-refractivity contribution in [2.45, 2.75) is 40.2 Å². The van der Waals surface area contributed by atoms with E-state index in [1.54, 1.807) is 19.1 Å². The molecule has 4 rings (SSSR count). The average Bonchev–Trinajstić information content (AvgIpc) is 2.82. The molecule has 0 saturated carbocycles. The Hall–Kier alpha value is -3.39. The van der Waals surface area contributed by atoms with Gasteiger partial charge in [-0.2, -0.15) is 4.98 Å². The van der Waals surface area contributed by atoms with Crippen LogP contribution in [0.4, 0.5) is 4.39 Å². The van der Waals surface area contributed by atoms with Gasteiger partial charge in [-0.25, -0.2) is 14.4 Å². The molecule has 6 nitrogen and oxygen atoms in total. The fraction of sp³-hybridized carbons (Fsp3) is 0.231. The Morgan fingerprint density at radius 2 is 1.82 bits per heavy atom. The summed E-state index contributed by atoms with van der Waals surface area (Å²) in [6, 6.07) is 13.6. The maximum atomic E-state index is 13.2. The van der Waals surface area contributed by atoms with Gasteiger partial charge in [-0.3, -0.25) is 9.36 Å². The van der Waals surface area contributed by atoms with Crippen LogP contribution in [0.2, 0.25) is 0 Å². The highest BCUT2D eigenvalue weighted by Gasteiger charge is 2.17. The molecule has 0 aliphatic rings. The molecule has 0 N–H and O–H groups in total. The monoisotopic (exact) mass is 522 g/mol. The van der Waals surface area contributed by atoms with E-state index in [9.17, 15) is 9.18 Å². The van der Waals surface area contributed by atoms with Crippen molar-refractivity contribution in [3.63, 3.8) is 0 Å². The quantitative estimate of drug-likeness (QED) is 0.314. The normalized spacial score (nSPS) is 11.1. The maximum Gasteiger partial charge on any atom is 0.276 e. The third-order valence-electron chi connectivity index (χ3n) is 5.34. The van der Waals surface area contributed by atoms with Crippen molar-refractivity contribution >= 4 is 15.9 Å². The van der Waals surface area contributed by atoms with Crippen molar-refractivity contribution < 1.29 is 9.13 Å². The molecule has 8 heteroatoms. The number of hydrogen-bond acceptors (Lipinski definition) is 5. The molecule has 0 fully saturated rings. The van der Waals surface area contributed by atoms with Gasteiger partial charge in [0.25, 0.3) is 5.56 Å². The highest BCUT2D eigenvalue weighted by Crippen LogP contribution is 2.26. The number of halogens is 2. The zero-order valence-electron chi connectivity index (χ0n) is 19.3. The van der Waals surface area contributed by atoms with Gasteiger partial charge in [-0.15, -0.1) is 0 Å². The van der Waals surface area contributed by atoms with Crippen molar-refractivity contribution in [2.24, 2.45) is 0 Å². The van der Waals surface area contributed by atoms with Gasteiger partial charge in [0.2, 0.25) is 5.88 Å². The Kier molecular flexibility index (Phi) is 6.88. The number of ether oxygens (including phenoxy) is 1. The summed E-state index contributed by atoms with van der Waals surface area (Å²) in [5, 5.41) is 0. The van der Waals surface area contributed by atoms with Gasteiger partial charge in [0.1, 0.15) is 28.5 Å². The minimum atomic E-state index is -0.318. The smallest absolute Gasteiger partial charge is 0.276 e. The largest absolute Gasteiger partial charge is 0.472 e. The molecule has 0 spiro atoms. The first kappa shape index (κ1) is 23.8. The highest BCUT2D eigenvalue weighted by molar-refractivity contribution is 9.10. The van der Waals surface area contributed by atoms with Crippen LogP contribution in [0.3, 0.4) is 0 Å². The molecule has 2 aromatic heterocycles. The van der Waals surface area contributed by atoms with E-state index in [1.807, 2.05) is 37.4 Å². The van der Waals surface area contributed by atoms with Gasteiger partial charge >= 0.3 is 0 Å². The lowest BCUT2D eigenvalue weighted by Crippen LogP contribution is -2.23. The van der Waals surface area contributed by atoms with Crippen molar-refractivity contribution in [2.75, 3.05) is 0 Å². The van der Waals surface area contributed by atoms with Crippen LogP contribution in [-0.4, -0.2) is 19.5 Å². The van der Waals surface area contributed by atoms with Gasteiger partial charge in [-0.1, -0.05) is 38.1 Å². The molecule has 0 unspecified atom stereocenters. The molecule has 0 amide bonds. The molecule has 0 bridgehead atoms. The zero-order valence-corrected chi connectivity index (χ0v) is 20.9. The third-order valence-corrected chi connectivity index (χ3v) is 6.02. The number of rotatable bonds is 6. The Morgan fingerprint density at radius 1 is 1.09 bits per heavy atom. The second-order valence-corrected chi connectivity index (χ2v) is 9.09. The fourth-order valence-corrected chi connectivity index (χ4v) is 3.91. The van der Waals surface area contributed by atoms with Crippen LogP contribution in [0.25, 0.3) is 16.9 Å². The number of nitrogens with zero attached hydrogens (tertiary/aromatic N) is 4. The van der Waals surface area contributed by atoms with E-state index in [2.05, 4.69) is 39.7 Å². The fourth-order valence-electron chi connectivity index (χ4n) is 3.53. The summed E-state index contributed by atoms with van der Waals surface area (Å²) in [5.41, 5.74) is 3.82. The number of hydrogen-bond donors (Lipinski definition) is 0. The van der Waals surface area contributed by atoms with Crippen LogP contribution in [0.15, 0.2) is 64.0 Å². The molecule has 0 saturated heterocycles. The van der Waals surface area contributed by atoms with Gasteiger partial charge in [0.15, 0.2) is 0 Å². The Bertz CT molecular complexity index is 1400. The van der Waals surface area contributed by atoms with Crippen LogP contribution in [0, 0.1) is 19.7 Å². The highest BCUT2D eigenvalue weighted by atomic mass is 79.9. The molecule has 0 radical (unpaired) electrons. The standard InChI is InChI=1S/C26H24BrFN4O2/c1-15(2)24-29-13-16(3)23(31-24)19-6-5-7-21(12-19)32-17(4)30-25(22(27)26(32)33)34-14-18-8-10-20(28)11-9-18/h5-13,15H,14H2,1-4H3. The molecule has 2 heterocycles. The zero-order chi connectivity index (χ0) is 24.4. The Labute approximate surface area is 205 Å². The minimum Gasteiger partial charge on any atom is -0.472 e. The molecule has 0 aliphatic heterocycles. The van der Waals surface area contributed by atoms with Crippen molar-refractivity contribution in [1.82, 2.24) is 19.5 Å². The second-order valence-electron chi connectivity index (χ2n) is 8.30. The van der Waals surface area contributed by atoms with Gasteiger partial charge in [0.05, 0.1) is 11.4 Å². The average molecular weight is 523 g/mol. The summed E-state index contributed by atoms with van der Waals surface area (Å²) in [6.07, 6.45) is 1.83. The van der Waals surface area contributed by atoms with Crippen molar-refractivity contribution in [1.29, 1.82) is 0 Å². The SMILES string of the molecule is Cc1cnc(C(C)C)nc1-c1cccc(-n2c(C)nc(OCc3ccc(F)cc3)c(Br)c2=O)c1. The molecule has 0 aliphatic carbocycles. The van der Waals surface area contributed by atoms with E-state index in [0.29, 0.717) is 11.5 Å². The number of aryl methyl sites for hydroxylation is 2. The molecular weight excluding hydrogens is 499 g/mol. The first-order valence-corrected chi connectivity index (χ1v) is 11.6. The first-order chi connectivity index (χ1) is 16.2. The number of benzene rings is 2. The van der Waals surface area contributed by atoms with Gasteiger partial charge < -0.3 is 4.74 Å². The molecular formula is C26H24BrFN4O2. The lowest BCUT2D eigenvalue weighted by Gasteiger charge is -2.15.